The predicted molar refractivity (Wildman–Crippen MR) is 100 cm³/mol. The Morgan fingerprint density at radius 1 is 0.760 bits per heavy atom. The molecule has 0 aliphatic heterocycles. The van der Waals surface area contributed by atoms with Crippen molar-refractivity contribution in [2.45, 2.75) is 12.7 Å². The summed E-state index contributed by atoms with van der Waals surface area (Å²) < 4.78 is 11.0. The van der Waals surface area contributed by atoms with Gasteiger partial charge >= 0.3 is 5.97 Å². The monoisotopic (exact) mass is 462 g/mol. The van der Waals surface area contributed by atoms with E-state index in [1.54, 1.807) is 0 Å². The summed E-state index contributed by atoms with van der Waals surface area (Å²) in [5.41, 5.74) is 0. The van der Waals surface area contributed by atoms with E-state index in [1.165, 1.54) is 24.3 Å². The number of carboxylic acids is 1. The number of benzene rings is 2. The third-order valence-corrected chi connectivity index (χ3v) is 4.84. The first kappa shape index (κ1) is 20.6. The van der Waals surface area contributed by atoms with E-state index in [-0.39, 0.29) is 41.6 Å². The van der Waals surface area contributed by atoms with Gasteiger partial charge in [0.1, 0.15) is 17.9 Å². The minimum atomic E-state index is -1.26. The fraction of sp³-hybridized carbons (Fsp3) is 0.133. The molecule has 2 rings (SSSR count). The van der Waals surface area contributed by atoms with Crippen molar-refractivity contribution in [3.63, 3.8) is 0 Å². The van der Waals surface area contributed by atoms with Gasteiger partial charge in [-0.25, -0.2) is 0 Å². The average molecular weight is 465 g/mol. The van der Waals surface area contributed by atoms with Crippen molar-refractivity contribution in [2.24, 2.45) is 0 Å². The molecule has 1 N–H and O–H groups in total. The highest BCUT2D eigenvalue weighted by atomic mass is 35.5. The van der Waals surface area contributed by atoms with Crippen LogP contribution in [0, 0.1) is 0 Å². The van der Waals surface area contributed by atoms with Crippen LogP contribution in [-0.2, 0) is 4.79 Å². The summed E-state index contributed by atoms with van der Waals surface area (Å²) in [6.07, 6.45) is -1.77. The summed E-state index contributed by atoms with van der Waals surface area (Å²) in [5, 5.41) is 10.1. The van der Waals surface area contributed by atoms with Gasteiger partial charge in [-0.3, -0.25) is 4.79 Å². The van der Waals surface area contributed by atoms with Crippen LogP contribution in [0.25, 0.3) is 0 Å². The van der Waals surface area contributed by atoms with Gasteiger partial charge in [0.25, 0.3) is 6.29 Å². The lowest BCUT2D eigenvalue weighted by Crippen LogP contribution is -2.27. The second-order valence-corrected chi connectivity index (χ2v) is 7.10. The average Bonchev–Trinajstić information content (AvgIpc) is 2.49. The van der Waals surface area contributed by atoms with Crippen molar-refractivity contribution in [3.05, 3.63) is 54.4 Å². The lowest BCUT2D eigenvalue weighted by molar-refractivity contribution is -0.142. The first-order valence-electron chi connectivity index (χ1n) is 6.51. The standard InChI is InChI=1S/C15H8Cl6O4/c16-6-1-10(20)12(3-8(6)18)24-15(5-14(22)23)25-13-4-9(19)7(17)2-11(13)21/h1-4,15H,5H2,(H,22,23). The van der Waals surface area contributed by atoms with Crippen molar-refractivity contribution < 1.29 is 19.4 Å². The second-order valence-electron chi connectivity index (χ2n) is 4.66. The van der Waals surface area contributed by atoms with Crippen molar-refractivity contribution in [1.82, 2.24) is 0 Å². The maximum atomic E-state index is 11.1. The van der Waals surface area contributed by atoms with Crippen molar-refractivity contribution >= 4 is 75.6 Å². The van der Waals surface area contributed by atoms with Crippen LogP contribution in [0.3, 0.4) is 0 Å². The highest BCUT2D eigenvalue weighted by molar-refractivity contribution is 6.44. The van der Waals surface area contributed by atoms with Crippen LogP contribution in [0.4, 0.5) is 0 Å². The molecule has 0 unspecified atom stereocenters. The summed E-state index contributed by atoms with van der Waals surface area (Å²) >= 11 is 35.6. The molecule has 0 saturated carbocycles. The molecule has 0 aliphatic rings. The van der Waals surface area contributed by atoms with E-state index < -0.39 is 18.7 Å². The maximum Gasteiger partial charge on any atom is 0.310 e. The summed E-state index contributed by atoms with van der Waals surface area (Å²) in [6.45, 7) is 0. The highest BCUT2D eigenvalue weighted by Crippen LogP contribution is 2.37. The zero-order valence-corrected chi connectivity index (χ0v) is 16.6. The number of aliphatic carboxylic acids is 1. The molecule has 0 amide bonds. The van der Waals surface area contributed by atoms with E-state index in [0.717, 1.165) is 0 Å². The third kappa shape index (κ3) is 5.61. The van der Waals surface area contributed by atoms with E-state index in [9.17, 15) is 4.79 Å². The van der Waals surface area contributed by atoms with Crippen molar-refractivity contribution in [3.8, 4) is 11.5 Å². The zero-order valence-electron chi connectivity index (χ0n) is 12.0. The third-order valence-electron chi connectivity index (χ3n) is 2.81. The predicted octanol–water partition coefficient (Wildman–Crippen LogP) is 6.87. The molecule has 0 heterocycles. The number of halogens is 6. The van der Waals surface area contributed by atoms with Gasteiger partial charge in [-0.2, -0.15) is 0 Å². The van der Waals surface area contributed by atoms with E-state index in [4.69, 9.17) is 84.2 Å². The van der Waals surface area contributed by atoms with Crippen LogP contribution >= 0.6 is 69.6 Å². The molecule has 25 heavy (non-hydrogen) atoms. The summed E-state index contributed by atoms with van der Waals surface area (Å²) in [5.74, 6) is -0.977. The molecule has 4 nitrogen and oxygen atoms in total. The molecule has 0 radical (unpaired) electrons. The van der Waals surface area contributed by atoms with E-state index >= 15 is 0 Å². The number of ether oxygens (including phenoxy) is 2. The minimum absolute atomic E-state index is 0.0958. The van der Waals surface area contributed by atoms with Gasteiger partial charge in [-0.15, -0.1) is 0 Å². The van der Waals surface area contributed by atoms with Gasteiger partial charge in [-0.05, 0) is 12.1 Å². The molecule has 10 heteroatoms. The molecule has 0 aromatic heterocycles. The van der Waals surface area contributed by atoms with Crippen molar-refractivity contribution in [1.29, 1.82) is 0 Å². The quantitative estimate of drug-likeness (QED) is 0.374. The molecule has 0 bridgehead atoms. The zero-order chi connectivity index (χ0) is 18.7. The smallest absolute Gasteiger partial charge is 0.310 e. The van der Waals surface area contributed by atoms with Gasteiger partial charge in [0.15, 0.2) is 0 Å². The number of rotatable bonds is 6. The van der Waals surface area contributed by atoms with Gasteiger partial charge in [0.05, 0.1) is 30.1 Å². The first-order valence-corrected chi connectivity index (χ1v) is 8.78. The van der Waals surface area contributed by atoms with Crippen LogP contribution in [0.1, 0.15) is 6.42 Å². The largest absolute Gasteiger partial charge is 0.481 e. The Kier molecular flexibility index (Phi) is 7.20. The van der Waals surface area contributed by atoms with Gasteiger partial charge in [0, 0.05) is 12.1 Å². The minimum Gasteiger partial charge on any atom is -0.481 e. The van der Waals surface area contributed by atoms with Crippen LogP contribution in [0.2, 0.25) is 30.1 Å². The molecule has 134 valence electrons. The number of carboxylic acid groups (broad SMARTS) is 1. The fourth-order valence-corrected chi connectivity index (χ4v) is 2.89. The molecule has 0 saturated heterocycles. The molecule has 0 spiro atoms. The maximum absolute atomic E-state index is 11.1. The van der Waals surface area contributed by atoms with E-state index in [2.05, 4.69) is 0 Å². The molecule has 2 aromatic carbocycles. The fourth-order valence-electron chi connectivity index (χ4n) is 1.72. The molecule has 0 fully saturated rings. The second kappa shape index (κ2) is 8.76. The Hall–Kier alpha value is -0.750. The Labute approximate surface area is 173 Å². The summed E-state index contributed by atoms with van der Waals surface area (Å²) in [7, 11) is 0. The number of hydrogen-bond donors (Lipinski definition) is 1. The Balaban J connectivity index is 2.30. The van der Waals surface area contributed by atoms with Crippen LogP contribution in [0.15, 0.2) is 24.3 Å². The molecule has 2 aromatic rings. The normalized spacial score (nSPS) is 10.8. The SMILES string of the molecule is O=C(O)CC(Oc1cc(Cl)c(Cl)cc1Cl)Oc1cc(Cl)c(Cl)cc1Cl. The summed E-state index contributed by atoms with van der Waals surface area (Å²) in [6, 6.07) is 5.43. The first-order chi connectivity index (χ1) is 11.7. The molecular formula is C15H8Cl6O4. The Bertz CT molecular complexity index is 752. The van der Waals surface area contributed by atoms with Gasteiger partial charge in [0.2, 0.25) is 0 Å². The van der Waals surface area contributed by atoms with Crippen LogP contribution < -0.4 is 9.47 Å². The van der Waals surface area contributed by atoms with E-state index in [1.807, 2.05) is 0 Å². The lowest BCUT2D eigenvalue weighted by Gasteiger charge is -2.21. The highest BCUT2D eigenvalue weighted by Gasteiger charge is 2.21. The lowest BCUT2D eigenvalue weighted by atomic mass is 10.3. The van der Waals surface area contributed by atoms with Crippen LogP contribution in [-0.4, -0.2) is 17.4 Å². The van der Waals surface area contributed by atoms with Crippen LogP contribution in [0.5, 0.6) is 11.5 Å². The summed E-state index contributed by atoms with van der Waals surface area (Å²) in [4.78, 5) is 11.1. The van der Waals surface area contributed by atoms with Gasteiger partial charge < -0.3 is 14.6 Å². The van der Waals surface area contributed by atoms with E-state index in [0.29, 0.717) is 0 Å². The molecule has 0 aliphatic carbocycles. The topological polar surface area (TPSA) is 55.8 Å². The Morgan fingerprint density at radius 2 is 1.12 bits per heavy atom. The number of hydrogen-bond acceptors (Lipinski definition) is 3. The number of carbonyl (C=O) groups is 1. The Morgan fingerprint density at radius 3 is 1.48 bits per heavy atom. The van der Waals surface area contributed by atoms with Gasteiger partial charge in [-0.1, -0.05) is 69.6 Å². The molecular weight excluding hydrogens is 457 g/mol. The van der Waals surface area contributed by atoms with Crippen molar-refractivity contribution in [2.75, 3.05) is 0 Å². The molecule has 0 atom stereocenters.